The fraction of sp³-hybridized carbons (Fsp3) is 0.278. The van der Waals surface area contributed by atoms with Crippen LogP contribution in [0.5, 0.6) is 0 Å². The van der Waals surface area contributed by atoms with E-state index >= 15 is 0 Å². The van der Waals surface area contributed by atoms with Crippen LogP contribution in [-0.2, 0) is 6.67 Å². The van der Waals surface area contributed by atoms with Crippen LogP contribution < -0.4 is 4.90 Å². The molecule has 0 N–H and O–H groups in total. The van der Waals surface area contributed by atoms with Gasteiger partial charge in [-0.3, -0.25) is 9.47 Å². The van der Waals surface area contributed by atoms with Gasteiger partial charge in [0.15, 0.2) is 5.58 Å². The number of para-hydroxylation sites is 3. The van der Waals surface area contributed by atoms with Crippen LogP contribution in [0.3, 0.4) is 0 Å². The van der Waals surface area contributed by atoms with E-state index in [1.165, 1.54) is 6.07 Å². The first kappa shape index (κ1) is 15.4. The quantitative estimate of drug-likeness (QED) is 0.674. The van der Waals surface area contributed by atoms with Gasteiger partial charge in [-0.05, 0) is 36.5 Å². The molecule has 0 amide bonds. The van der Waals surface area contributed by atoms with Gasteiger partial charge in [0.05, 0.1) is 17.9 Å². The third-order valence-electron chi connectivity index (χ3n) is 4.48. The van der Waals surface area contributed by atoms with E-state index in [0.717, 1.165) is 37.3 Å². The maximum absolute atomic E-state index is 13.9. The summed E-state index contributed by atoms with van der Waals surface area (Å²) in [6, 6.07) is 14.8. The number of halogens is 1. The molecule has 0 aliphatic carbocycles. The summed E-state index contributed by atoms with van der Waals surface area (Å²) in [6.45, 7) is 4.00. The summed E-state index contributed by atoms with van der Waals surface area (Å²) in [5, 5.41) is 0. The smallest absolute Gasteiger partial charge is 0.270 e. The number of benzene rings is 2. The molecule has 1 aliphatic rings. The predicted molar refractivity (Wildman–Crippen MR) is 95.2 cm³/mol. The first-order chi connectivity index (χ1) is 11.7. The van der Waals surface area contributed by atoms with Crippen molar-refractivity contribution in [3.05, 3.63) is 59.2 Å². The third kappa shape index (κ3) is 2.83. The van der Waals surface area contributed by atoms with Crippen LogP contribution in [0, 0.1) is 10.7 Å². The molecule has 0 saturated carbocycles. The van der Waals surface area contributed by atoms with Gasteiger partial charge in [0.1, 0.15) is 5.82 Å². The van der Waals surface area contributed by atoms with Gasteiger partial charge >= 0.3 is 0 Å². The second kappa shape index (κ2) is 6.37. The number of piperazine rings is 1. The molecule has 1 aromatic heterocycles. The van der Waals surface area contributed by atoms with Gasteiger partial charge in [-0.15, -0.1) is 0 Å². The molecule has 1 aliphatic heterocycles. The fourth-order valence-corrected chi connectivity index (χ4v) is 3.43. The Kier molecular flexibility index (Phi) is 4.08. The molecule has 2 aromatic carbocycles. The van der Waals surface area contributed by atoms with Crippen molar-refractivity contribution in [1.82, 2.24) is 9.47 Å². The van der Waals surface area contributed by atoms with Gasteiger partial charge < -0.3 is 9.32 Å². The van der Waals surface area contributed by atoms with E-state index in [2.05, 4.69) is 9.80 Å². The Morgan fingerprint density at radius 1 is 0.958 bits per heavy atom. The lowest BCUT2D eigenvalue weighted by Gasteiger charge is -2.36. The van der Waals surface area contributed by atoms with Crippen LogP contribution in [0.1, 0.15) is 0 Å². The van der Waals surface area contributed by atoms with Gasteiger partial charge in [0.25, 0.3) is 4.84 Å². The molecule has 1 fully saturated rings. The van der Waals surface area contributed by atoms with E-state index in [0.29, 0.717) is 17.2 Å². The van der Waals surface area contributed by atoms with Crippen molar-refractivity contribution in [1.29, 1.82) is 0 Å². The second-order valence-electron chi connectivity index (χ2n) is 5.96. The fourth-order valence-electron chi connectivity index (χ4n) is 3.19. The van der Waals surface area contributed by atoms with E-state index in [-0.39, 0.29) is 5.82 Å². The van der Waals surface area contributed by atoms with Crippen LogP contribution >= 0.6 is 12.2 Å². The van der Waals surface area contributed by atoms with Crippen LogP contribution in [0.25, 0.3) is 11.1 Å². The number of rotatable bonds is 3. The summed E-state index contributed by atoms with van der Waals surface area (Å²) in [7, 11) is 0. The summed E-state index contributed by atoms with van der Waals surface area (Å²) >= 11 is 5.35. The molecule has 24 heavy (non-hydrogen) atoms. The van der Waals surface area contributed by atoms with Gasteiger partial charge in [0.2, 0.25) is 0 Å². The molecule has 2 heterocycles. The minimum Gasteiger partial charge on any atom is -0.429 e. The first-order valence-corrected chi connectivity index (χ1v) is 8.43. The maximum Gasteiger partial charge on any atom is 0.270 e. The van der Waals surface area contributed by atoms with Crippen LogP contribution in [0.4, 0.5) is 10.1 Å². The van der Waals surface area contributed by atoms with E-state index in [9.17, 15) is 4.39 Å². The highest BCUT2D eigenvalue weighted by atomic mass is 32.1. The highest BCUT2D eigenvalue weighted by molar-refractivity contribution is 7.71. The summed E-state index contributed by atoms with van der Waals surface area (Å²) in [5.74, 6) is -0.158. The first-order valence-electron chi connectivity index (χ1n) is 8.02. The van der Waals surface area contributed by atoms with Crippen molar-refractivity contribution in [2.45, 2.75) is 6.67 Å². The molecule has 0 bridgehead atoms. The molecule has 0 atom stereocenters. The van der Waals surface area contributed by atoms with Crippen molar-refractivity contribution >= 4 is 29.0 Å². The SMILES string of the molecule is Fc1ccccc1N1CCN(Cn2c(=S)oc3ccccc32)CC1. The normalized spacial score (nSPS) is 16.0. The van der Waals surface area contributed by atoms with Crippen molar-refractivity contribution < 1.29 is 8.81 Å². The molecular weight excluding hydrogens is 325 g/mol. The Hall–Kier alpha value is -2.18. The second-order valence-corrected chi connectivity index (χ2v) is 6.31. The summed E-state index contributed by atoms with van der Waals surface area (Å²) in [4.78, 5) is 4.90. The predicted octanol–water partition coefficient (Wildman–Crippen LogP) is 3.88. The van der Waals surface area contributed by atoms with Crippen LogP contribution in [0.15, 0.2) is 52.9 Å². The number of hydrogen-bond acceptors (Lipinski definition) is 4. The molecule has 124 valence electrons. The average Bonchev–Trinajstić information content (AvgIpc) is 2.92. The molecule has 3 aromatic rings. The van der Waals surface area contributed by atoms with Crippen molar-refractivity contribution in [3.8, 4) is 0 Å². The number of nitrogens with zero attached hydrogens (tertiary/aromatic N) is 3. The summed E-state index contributed by atoms with van der Waals surface area (Å²) in [6.07, 6.45) is 0. The molecule has 6 heteroatoms. The standard InChI is InChI=1S/C18H18FN3OS/c19-14-5-1-2-6-15(14)21-11-9-20(10-12-21)13-22-16-7-3-4-8-17(16)23-18(22)24/h1-8H,9-13H2. The topological polar surface area (TPSA) is 24.6 Å². The zero-order valence-corrected chi connectivity index (χ0v) is 14.0. The minimum atomic E-state index is -0.158. The molecule has 0 unspecified atom stereocenters. The van der Waals surface area contributed by atoms with Crippen molar-refractivity contribution in [3.63, 3.8) is 0 Å². The Morgan fingerprint density at radius 3 is 2.46 bits per heavy atom. The van der Waals surface area contributed by atoms with Crippen molar-refractivity contribution in [2.75, 3.05) is 31.1 Å². The Bertz CT molecular complexity index is 912. The van der Waals surface area contributed by atoms with E-state index < -0.39 is 0 Å². The monoisotopic (exact) mass is 343 g/mol. The van der Waals surface area contributed by atoms with Gasteiger partial charge in [-0.2, -0.15) is 0 Å². The molecular formula is C18H18FN3OS. The molecule has 1 saturated heterocycles. The van der Waals surface area contributed by atoms with E-state index in [1.807, 2.05) is 41.0 Å². The largest absolute Gasteiger partial charge is 0.429 e. The Labute approximate surface area is 144 Å². The zero-order chi connectivity index (χ0) is 16.5. The number of oxazole rings is 1. The molecule has 0 spiro atoms. The molecule has 0 radical (unpaired) electrons. The number of fused-ring (bicyclic) bond motifs is 1. The molecule has 4 nitrogen and oxygen atoms in total. The van der Waals surface area contributed by atoms with Gasteiger partial charge in [0, 0.05) is 26.2 Å². The van der Waals surface area contributed by atoms with Gasteiger partial charge in [-0.1, -0.05) is 24.3 Å². The Morgan fingerprint density at radius 2 is 1.67 bits per heavy atom. The highest BCUT2D eigenvalue weighted by Crippen LogP contribution is 2.21. The lowest BCUT2D eigenvalue weighted by Crippen LogP contribution is -2.47. The van der Waals surface area contributed by atoms with E-state index in [4.69, 9.17) is 16.6 Å². The molecule has 4 rings (SSSR count). The third-order valence-corrected chi connectivity index (χ3v) is 4.78. The summed E-state index contributed by atoms with van der Waals surface area (Å²) in [5.41, 5.74) is 2.51. The number of hydrogen-bond donors (Lipinski definition) is 0. The summed E-state index contributed by atoms with van der Waals surface area (Å²) < 4.78 is 21.6. The lowest BCUT2D eigenvalue weighted by molar-refractivity contribution is 0.204. The Balaban J connectivity index is 1.48. The van der Waals surface area contributed by atoms with Crippen LogP contribution in [0.2, 0.25) is 0 Å². The average molecular weight is 343 g/mol. The minimum absolute atomic E-state index is 0.158. The van der Waals surface area contributed by atoms with Crippen LogP contribution in [-0.4, -0.2) is 35.6 Å². The maximum atomic E-state index is 13.9. The zero-order valence-electron chi connectivity index (χ0n) is 13.2. The number of anilines is 1. The van der Waals surface area contributed by atoms with E-state index in [1.54, 1.807) is 6.07 Å². The van der Waals surface area contributed by atoms with Crippen molar-refractivity contribution in [2.24, 2.45) is 0 Å². The lowest BCUT2D eigenvalue weighted by atomic mass is 10.2. The highest BCUT2D eigenvalue weighted by Gasteiger charge is 2.20. The van der Waals surface area contributed by atoms with Gasteiger partial charge in [-0.25, -0.2) is 4.39 Å². The number of aromatic nitrogens is 1.